The molecule has 1 aromatic carbocycles. The van der Waals surface area contributed by atoms with Crippen LogP contribution in [0.15, 0.2) is 42.7 Å². The van der Waals surface area contributed by atoms with E-state index in [4.69, 9.17) is 0 Å². The minimum absolute atomic E-state index is 0.913. The van der Waals surface area contributed by atoms with Gasteiger partial charge >= 0.3 is 0 Å². The quantitative estimate of drug-likeness (QED) is 0.605. The van der Waals surface area contributed by atoms with Gasteiger partial charge in [0.15, 0.2) is 0 Å². The number of para-hydroxylation sites is 1. The normalized spacial score (nSPS) is 10.9. The third-order valence-electron chi connectivity index (χ3n) is 1.98. The minimum atomic E-state index is 0.913. The Hall–Kier alpha value is -1.68. The maximum Gasteiger partial charge on any atom is 0.211 e. The summed E-state index contributed by atoms with van der Waals surface area (Å²) in [5, 5.41) is 5.06. The van der Waals surface area contributed by atoms with Crippen LogP contribution in [0.2, 0.25) is 0 Å². The first-order valence-corrected chi connectivity index (χ1v) is 5.11. The van der Waals surface area contributed by atoms with E-state index in [0.717, 1.165) is 10.6 Å². The van der Waals surface area contributed by atoms with Gasteiger partial charge in [-0.05, 0) is 18.2 Å². The summed E-state index contributed by atoms with van der Waals surface area (Å²) in [4.78, 5) is 4.47. The SMILES string of the molecule is c1ccc2sc(-n3cccn3)nc2c1. The van der Waals surface area contributed by atoms with Crippen molar-refractivity contribution in [2.24, 2.45) is 0 Å². The van der Waals surface area contributed by atoms with Gasteiger partial charge < -0.3 is 0 Å². The van der Waals surface area contributed by atoms with Gasteiger partial charge in [0.1, 0.15) is 0 Å². The van der Waals surface area contributed by atoms with E-state index in [1.807, 2.05) is 30.5 Å². The summed E-state index contributed by atoms with van der Waals surface area (Å²) in [6, 6.07) is 9.99. The average molecular weight is 201 g/mol. The van der Waals surface area contributed by atoms with E-state index in [1.165, 1.54) is 4.70 Å². The van der Waals surface area contributed by atoms with Gasteiger partial charge in [-0.2, -0.15) is 5.10 Å². The molecule has 0 N–H and O–H groups in total. The third kappa shape index (κ3) is 1.12. The molecule has 2 heterocycles. The molecule has 14 heavy (non-hydrogen) atoms. The predicted molar refractivity (Wildman–Crippen MR) is 56.7 cm³/mol. The first-order valence-electron chi connectivity index (χ1n) is 4.29. The Bertz CT molecular complexity index is 521. The highest BCUT2D eigenvalue weighted by atomic mass is 32.1. The second-order valence-electron chi connectivity index (χ2n) is 2.91. The van der Waals surface area contributed by atoms with E-state index in [0.29, 0.717) is 0 Å². The molecule has 0 saturated heterocycles. The van der Waals surface area contributed by atoms with Gasteiger partial charge in [-0.3, -0.25) is 0 Å². The molecule has 0 aliphatic heterocycles. The van der Waals surface area contributed by atoms with Crippen LogP contribution in [0.25, 0.3) is 15.3 Å². The molecule has 0 atom stereocenters. The van der Waals surface area contributed by atoms with Gasteiger partial charge in [0.05, 0.1) is 10.2 Å². The van der Waals surface area contributed by atoms with Gasteiger partial charge in [-0.25, -0.2) is 9.67 Å². The van der Waals surface area contributed by atoms with E-state index < -0.39 is 0 Å². The number of hydrogen-bond donors (Lipinski definition) is 0. The van der Waals surface area contributed by atoms with Crippen molar-refractivity contribution >= 4 is 21.6 Å². The van der Waals surface area contributed by atoms with Crippen molar-refractivity contribution in [3.8, 4) is 5.13 Å². The summed E-state index contributed by atoms with van der Waals surface area (Å²) >= 11 is 1.64. The van der Waals surface area contributed by atoms with Crippen molar-refractivity contribution in [3.05, 3.63) is 42.7 Å². The van der Waals surface area contributed by atoms with Crippen LogP contribution in [0, 0.1) is 0 Å². The van der Waals surface area contributed by atoms with Crippen molar-refractivity contribution in [2.75, 3.05) is 0 Å². The fourth-order valence-corrected chi connectivity index (χ4v) is 2.25. The fraction of sp³-hybridized carbons (Fsp3) is 0. The van der Waals surface area contributed by atoms with Crippen molar-refractivity contribution in [1.29, 1.82) is 0 Å². The highest BCUT2D eigenvalue weighted by molar-refractivity contribution is 7.20. The highest BCUT2D eigenvalue weighted by Crippen LogP contribution is 2.23. The molecule has 0 saturated carbocycles. The van der Waals surface area contributed by atoms with Gasteiger partial charge in [0, 0.05) is 12.4 Å². The lowest BCUT2D eigenvalue weighted by Crippen LogP contribution is -1.91. The van der Waals surface area contributed by atoms with E-state index >= 15 is 0 Å². The van der Waals surface area contributed by atoms with Crippen LogP contribution < -0.4 is 0 Å². The largest absolute Gasteiger partial charge is 0.218 e. The van der Waals surface area contributed by atoms with Crippen LogP contribution in [0.3, 0.4) is 0 Å². The molecule has 0 spiro atoms. The first-order chi connectivity index (χ1) is 6.93. The molecule has 0 radical (unpaired) electrons. The topological polar surface area (TPSA) is 30.7 Å². The second-order valence-corrected chi connectivity index (χ2v) is 3.92. The van der Waals surface area contributed by atoms with Gasteiger partial charge in [0.25, 0.3) is 0 Å². The minimum Gasteiger partial charge on any atom is -0.218 e. The van der Waals surface area contributed by atoms with Gasteiger partial charge in [-0.15, -0.1) is 0 Å². The van der Waals surface area contributed by atoms with Crippen molar-refractivity contribution in [3.63, 3.8) is 0 Å². The lowest BCUT2D eigenvalue weighted by molar-refractivity contribution is 0.873. The molecule has 68 valence electrons. The van der Waals surface area contributed by atoms with Crippen LogP contribution in [0.4, 0.5) is 0 Å². The fourth-order valence-electron chi connectivity index (χ4n) is 1.34. The van der Waals surface area contributed by atoms with E-state index in [-0.39, 0.29) is 0 Å². The average Bonchev–Trinajstić information content (AvgIpc) is 2.86. The summed E-state index contributed by atoms with van der Waals surface area (Å²) in [7, 11) is 0. The molecule has 3 rings (SSSR count). The third-order valence-corrected chi connectivity index (χ3v) is 3.01. The van der Waals surface area contributed by atoms with Crippen LogP contribution in [-0.4, -0.2) is 14.8 Å². The number of hydrogen-bond acceptors (Lipinski definition) is 3. The van der Waals surface area contributed by atoms with E-state index in [1.54, 1.807) is 22.2 Å². The zero-order valence-corrected chi connectivity index (χ0v) is 8.11. The van der Waals surface area contributed by atoms with E-state index in [9.17, 15) is 0 Å². The Labute approximate surface area is 84.6 Å². The number of aromatic nitrogens is 3. The molecular formula is C10H7N3S. The monoisotopic (exact) mass is 201 g/mol. The molecule has 4 heteroatoms. The molecule has 3 nitrogen and oxygen atoms in total. The van der Waals surface area contributed by atoms with Crippen molar-refractivity contribution < 1.29 is 0 Å². The second kappa shape index (κ2) is 2.92. The first kappa shape index (κ1) is 7.70. The molecule has 2 aromatic heterocycles. The van der Waals surface area contributed by atoms with Crippen LogP contribution in [0.5, 0.6) is 0 Å². The number of benzene rings is 1. The maximum atomic E-state index is 4.47. The van der Waals surface area contributed by atoms with Crippen LogP contribution in [-0.2, 0) is 0 Å². The molecule has 0 aliphatic carbocycles. The Morgan fingerprint density at radius 2 is 2.07 bits per heavy atom. The Morgan fingerprint density at radius 3 is 2.86 bits per heavy atom. The molecule has 0 amide bonds. The predicted octanol–water partition coefficient (Wildman–Crippen LogP) is 2.48. The van der Waals surface area contributed by atoms with Crippen molar-refractivity contribution in [1.82, 2.24) is 14.8 Å². The smallest absolute Gasteiger partial charge is 0.211 e. The summed E-state index contributed by atoms with van der Waals surface area (Å²) in [5.74, 6) is 0. The number of nitrogens with zero attached hydrogens (tertiary/aromatic N) is 3. The molecule has 0 bridgehead atoms. The Kier molecular flexibility index (Phi) is 1.61. The van der Waals surface area contributed by atoms with Crippen LogP contribution >= 0.6 is 11.3 Å². The molecule has 3 aromatic rings. The van der Waals surface area contributed by atoms with Crippen molar-refractivity contribution in [2.45, 2.75) is 0 Å². The van der Waals surface area contributed by atoms with Gasteiger partial charge in [-0.1, -0.05) is 23.5 Å². The Morgan fingerprint density at radius 1 is 1.14 bits per heavy atom. The van der Waals surface area contributed by atoms with Gasteiger partial charge in [0.2, 0.25) is 5.13 Å². The summed E-state index contributed by atoms with van der Waals surface area (Å²) in [5.41, 5.74) is 1.03. The maximum absolute atomic E-state index is 4.47. The van der Waals surface area contributed by atoms with E-state index in [2.05, 4.69) is 16.1 Å². The lowest BCUT2D eigenvalue weighted by Gasteiger charge is -1.90. The number of fused-ring (bicyclic) bond motifs is 1. The molecular weight excluding hydrogens is 194 g/mol. The Balaban J connectivity index is 2.24. The lowest BCUT2D eigenvalue weighted by atomic mass is 10.3. The standard InChI is InChI=1S/C10H7N3S/c1-2-5-9-8(4-1)12-10(14-9)13-7-3-6-11-13/h1-7H. The molecule has 0 unspecified atom stereocenters. The summed E-state index contributed by atoms with van der Waals surface area (Å²) in [6.07, 6.45) is 3.66. The number of rotatable bonds is 1. The molecule has 0 aliphatic rings. The van der Waals surface area contributed by atoms with Crippen LogP contribution in [0.1, 0.15) is 0 Å². The zero-order valence-electron chi connectivity index (χ0n) is 7.29. The summed E-state index contributed by atoms with van der Waals surface area (Å²) in [6.45, 7) is 0. The summed E-state index contributed by atoms with van der Waals surface area (Å²) < 4.78 is 2.98. The zero-order chi connectivity index (χ0) is 9.38. The highest BCUT2D eigenvalue weighted by Gasteiger charge is 2.03. The molecule has 0 fully saturated rings. The number of thiazole rings is 1.